The lowest BCUT2D eigenvalue weighted by Gasteiger charge is -2.37. The fourth-order valence-corrected chi connectivity index (χ4v) is 4.98. The van der Waals surface area contributed by atoms with Gasteiger partial charge >= 0.3 is 0 Å². The van der Waals surface area contributed by atoms with Gasteiger partial charge in [0.05, 0.1) is 51.8 Å². The predicted molar refractivity (Wildman–Crippen MR) is 99.2 cm³/mol. The fourth-order valence-electron chi connectivity index (χ4n) is 3.35. The first-order valence-corrected chi connectivity index (χ1v) is 10.0. The van der Waals surface area contributed by atoms with Gasteiger partial charge in [0.25, 0.3) is 0 Å². The molecule has 3 rings (SSSR count). The fraction of sp³-hybridized carbons (Fsp3) is 0.368. The summed E-state index contributed by atoms with van der Waals surface area (Å²) in [5, 5.41) is 0. The van der Waals surface area contributed by atoms with Gasteiger partial charge in [-0.1, -0.05) is 30.3 Å². The molecule has 2 aromatic carbocycles. The van der Waals surface area contributed by atoms with Crippen LogP contribution in [-0.4, -0.2) is 53.6 Å². The standard InChI is InChI=1S/C19H24N2O4S/c1-20-11-12-21(17(14-20)15-7-5-4-6-8-15)26(22,23)16-9-10-18(24-2)19(13-16)25-3/h4-10,13,17H,11-12,14H2,1-3H3/p+1/t17-/m0/s1. The minimum Gasteiger partial charge on any atom is -0.493 e. The van der Waals surface area contributed by atoms with E-state index >= 15 is 0 Å². The number of methoxy groups -OCH3 is 2. The minimum absolute atomic E-state index is 0.192. The summed E-state index contributed by atoms with van der Waals surface area (Å²) in [5.41, 5.74) is 1.01. The first kappa shape index (κ1) is 18.7. The van der Waals surface area contributed by atoms with Gasteiger partial charge in [-0.3, -0.25) is 0 Å². The van der Waals surface area contributed by atoms with E-state index in [9.17, 15) is 8.42 Å². The van der Waals surface area contributed by atoms with Crippen LogP contribution in [0.1, 0.15) is 11.6 Å². The number of hydrogen-bond acceptors (Lipinski definition) is 4. The molecule has 1 N–H and O–H groups in total. The van der Waals surface area contributed by atoms with Gasteiger partial charge in [-0.15, -0.1) is 0 Å². The van der Waals surface area contributed by atoms with Crippen LogP contribution in [0.4, 0.5) is 0 Å². The molecule has 1 saturated heterocycles. The topological polar surface area (TPSA) is 60.3 Å². The Labute approximate surface area is 155 Å². The Kier molecular flexibility index (Phi) is 5.50. The van der Waals surface area contributed by atoms with E-state index in [2.05, 4.69) is 7.05 Å². The third-order valence-corrected chi connectivity index (χ3v) is 6.70. The van der Waals surface area contributed by atoms with Crippen LogP contribution in [-0.2, 0) is 10.0 Å². The summed E-state index contributed by atoms with van der Waals surface area (Å²) < 4.78 is 38.8. The summed E-state index contributed by atoms with van der Waals surface area (Å²) in [6, 6.07) is 14.3. The molecule has 1 aliphatic heterocycles. The van der Waals surface area contributed by atoms with Crippen molar-refractivity contribution in [2.45, 2.75) is 10.9 Å². The molecule has 7 heteroatoms. The Morgan fingerprint density at radius 1 is 1.04 bits per heavy atom. The van der Waals surface area contributed by atoms with Crippen LogP contribution in [0.2, 0.25) is 0 Å². The number of ether oxygens (including phenoxy) is 2. The Balaban J connectivity index is 2.01. The van der Waals surface area contributed by atoms with Gasteiger partial charge in [-0.05, 0) is 17.7 Å². The van der Waals surface area contributed by atoms with E-state index < -0.39 is 10.0 Å². The molecule has 0 amide bonds. The molecule has 2 atom stereocenters. The number of piperazine rings is 1. The molecule has 0 saturated carbocycles. The molecule has 0 spiro atoms. The first-order chi connectivity index (χ1) is 12.5. The SMILES string of the molecule is COc1ccc(S(=O)(=O)N2CC[NH+](C)C[C@H]2c2ccccc2)cc1OC. The van der Waals surface area contributed by atoms with Crippen molar-refractivity contribution in [3.63, 3.8) is 0 Å². The van der Waals surface area contributed by atoms with Gasteiger partial charge in [0, 0.05) is 6.07 Å². The number of hydrogen-bond donors (Lipinski definition) is 1. The zero-order chi connectivity index (χ0) is 18.7. The second-order valence-corrected chi connectivity index (χ2v) is 8.36. The van der Waals surface area contributed by atoms with Gasteiger partial charge in [-0.25, -0.2) is 8.42 Å². The Hall–Kier alpha value is -2.09. The smallest absolute Gasteiger partial charge is 0.244 e. The lowest BCUT2D eigenvalue weighted by Crippen LogP contribution is -3.12. The lowest BCUT2D eigenvalue weighted by molar-refractivity contribution is -0.887. The van der Waals surface area contributed by atoms with E-state index in [1.165, 1.54) is 25.2 Å². The Bertz CT molecular complexity index is 855. The van der Waals surface area contributed by atoms with Gasteiger partial charge in [0.2, 0.25) is 10.0 Å². The van der Waals surface area contributed by atoms with Crippen molar-refractivity contribution < 1.29 is 22.8 Å². The maximum Gasteiger partial charge on any atom is 0.244 e. The second kappa shape index (κ2) is 7.65. The van der Waals surface area contributed by atoms with E-state index in [0.29, 0.717) is 18.0 Å². The molecule has 0 aromatic heterocycles. The van der Waals surface area contributed by atoms with Crippen LogP contribution < -0.4 is 14.4 Å². The summed E-state index contributed by atoms with van der Waals surface area (Å²) in [6.45, 7) is 1.98. The number of benzene rings is 2. The summed E-state index contributed by atoms with van der Waals surface area (Å²) in [4.78, 5) is 1.54. The van der Waals surface area contributed by atoms with Crippen molar-refractivity contribution in [1.82, 2.24) is 4.31 Å². The number of quaternary nitrogens is 1. The highest BCUT2D eigenvalue weighted by Crippen LogP contribution is 2.33. The quantitative estimate of drug-likeness (QED) is 0.843. The van der Waals surface area contributed by atoms with Gasteiger partial charge in [-0.2, -0.15) is 4.31 Å². The molecule has 0 aliphatic carbocycles. The predicted octanol–water partition coefficient (Wildman–Crippen LogP) is 0.964. The minimum atomic E-state index is -3.66. The van der Waals surface area contributed by atoms with Gasteiger partial charge in [0.1, 0.15) is 0 Å². The average molecular weight is 377 g/mol. The molecule has 0 bridgehead atoms. The number of nitrogens with zero attached hydrogens (tertiary/aromatic N) is 1. The normalized spacial score (nSPS) is 21.3. The van der Waals surface area contributed by atoms with Crippen molar-refractivity contribution in [1.29, 1.82) is 0 Å². The molecule has 0 radical (unpaired) electrons. The number of rotatable bonds is 5. The zero-order valence-corrected chi connectivity index (χ0v) is 16.1. The summed E-state index contributed by atoms with van der Waals surface area (Å²) in [5.74, 6) is 0.915. The van der Waals surface area contributed by atoms with E-state index in [1.54, 1.807) is 16.4 Å². The van der Waals surface area contributed by atoms with Crippen molar-refractivity contribution in [2.75, 3.05) is 40.9 Å². The van der Waals surface area contributed by atoms with Crippen molar-refractivity contribution >= 4 is 10.0 Å². The van der Waals surface area contributed by atoms with Crippen LogP contribution in [0.25, 0.3) is 0 Å². The largest absolute Gasteiger partial charge is 0.493 e. The maximum atomic E-state index is 13.4. The summed E-state index contributed by atoms with van der Waals surface area (Å²) >= 11 is 0. The van der Waals surface area contributed by atoms with Gasteiger partial charge < -0.3 is 14.4 Å². The number of likely N-dealkylation sites (N-methyl/N-ethyl adjacent to an activating group) is 1. The van der Waals surface area contributed by atoms with E-state index in [0.717, 1.165) is 18.7 Å². The van der Waals surface area contributed by atoms with Crippen LogP contribution in [0, 0.1) is 0 Å². The van der Waals surface area contributed by atoms with Crippen LogP contribution >= 0.6 is 0 Å². The maximum absolute atomic E-state index is 13.4. The number of nitrogens with one attached hydrogen (secondary N) is 1. The molecule has 2 aromatic rings. The van der Waals surface area contributed by atoms with Crippen molar-refractivity contribution in [3.05, 3.63) is 54.1 Å². The monoisotopic (exact) mass is 377 g/mol. The van der Waals surface area contributed by atoms with Gasteiger partial charge in [0.15, 0.2) is 11.5 Å². The third kappa shape index (κ3) is 3.56. The highest BCUT2D eigenvalue weighted by Gasteiger charge is 2.38. The van der Waals surface area contributed by atoms with Crippen LogP contribution in [0.5, 0.6) is 11.5 Å². The highest BCUT2D eigenvalue weighted by molar-refractivity contribution is 7.89. The molecular weight excluding hydrogens is 352 g/mol. The van der Waals surface area contributed by atoms with Crippen molar-refractivity contribution in [2.24, 2.45) is 0 Å². The van der Waals surface area contributed by atoms with Crippen LogP contribution in [0.3, 0.4) is 0 Å². The summed E-state index contributed by atoms with van der Waals surface area (Å²) in [7, 11) is 1.47. The molecule has 1 fully saturated rings. The van der Waals surface area contributed by atoms with Crippen molar-refractivity contribution in [3.8, 4) is 11.5 Å². The van der Waals surface area contributed by atoms with E-state index in [1.807, 2.05) is 30.3 Å². The molecule has 140 valence electrons. The number of sulfonamides is 1. The Morgan fingerprint density at radius 3 is 2.38 bits per heavy atom. The molecule has 1 aliphatic rings. The molecule has 1 heterocycles. The van der Waals surface area contributed by atoms with Crippen LogP contribution in [0.15, 0.2) is 53.4 Å². The first-order valence-electron chi connectivity index (χ1n) is 8.57. The molecule has 6 nitrogen and oxygen atoms in total. The lowest BCUT2D eigenvalue weighted by atomic mass is 10.1. The summed E-state index contributed by atoms with van der Waals surface area (Å²) in [6.07, 6.45) is 0. The second-order valence-electron chi connectivity index (χ2n) is 6.47. The Morgan fingerprint density at radius 2 is 1.73 bits per heavy atom. The molecule has 1 unspecified atom stereocenters. The third-order valence-electron chi connectivity index (χ3n) is 4.79. The van der Waals surface area contributed by atoms with E-state index in [-0.39, 0.29) is 10.9 Å². The highest BCUT2D eigenvalue weighted by atomic mass is 32.2. The molecular formula is C19H25N2O4S+. The zero-order valence-electron chi connectivity index (χ0n) is 15.3. The molecule has 26 heavy (non-hydrogen) atoms. The average Bonchev–Trinajstić information content (AvgIpc) is 2.67. The van der Waals surface area contributed by atoms with E-state index in [4.69, 9.17) is 9.47 Å².